The molecule has 10 heteroatoms. The molecule has 1 aliphatic rings. The molecule has 0 aliphatic carbocycles. The molecule has 1 saturated heterocycles. The van der Waals surface area contributed by atoms with Crippen LogP contribution in [0.15, 0.2) is 70.7 Å². The van der Waals surface area contributed by atoms with Crippen LogP contribution < -0.4 is 19.7 Å². The van der Waals surface area contributed by atoms with Gasteiger partial charge in [0.2, 0.25) is 0 Å². The number of halogens is 3. The van der Waals surface area contributed by atoms with Crippen molar-refractivity contribution in [2.24, 2.45) is 0 Å². The number of urea groups is 1. The van der Waals surface area contributed by atoms with E-state index in [1.165, 1.54) is 36.4 Å². The Morgan fingerprint density at radius 3 is 2.50 bits per heavy atom. The number of hydrogen-bond acceptors (Lipinski definition) is 5. The van der Waals surface area contributed by atoms with Gasteiger partial charge in [0.05, 0.1) is 16.8 Å². The van der Waals surface area contributed by atoms with Crippen molar-refractivity contribution in [3.8, 4) is 11.5 Å². The van der Waals surface area contributed by atoms with E-state index in [-0.39, 0.29) is 30.3 Å². The van der Waals surface area contributed by atoms with Crippen molar-refractivity contribution in [2.45, 2.75) is 13.5 Å². The van der Waals surface area contributed by atoms with Gasteiger partial charge in [0.25, 0.3) is 11.8 Å². The molecular weight excluding hydrogens is 538 g/mol. The van der Waals surface area contributed by atoms with E-state index >= 15 is 0 Å². The van der Waals surface area contributed by atoms with Gasteiger partial charge in [-0.3, -0.25) is 14.9 Å². The highest BCUT2D eigenvalue weighted by molar-refractivity contribution is 9.10. The van der Waals surface area contributed by atoms with Gasteiger partial charge in [-0.05, 0) is 76.5 Å². The minimum absolute atomic E-state index is 0.0669. The van der Waals surface area contributed by atoms with Gasteiger partial charge in [-0.1, -0.05) is 24.3 Å². The predicted molar refractivity (Wildman–Crippen MR) is 131 cm³/mol. The molecule has 184 valence electrons. The number of anilines is 1. The van der Waals surface area contributed by atoms with Gasteiger partial charge in [-0.25, -0.2) is 18.5 Å². The van der Waals surface area contributed by atoms with Crippen LogP contribution in [-0.2, 0) is 16.2 Å². The topological polar surface area (TPSA) is 84.9 Å². The molecule has 0 unspecified atom stereocenters. The summed E-state index contributed by atoms with van der Waals surface area (Å²) < 4.78 is 39.8. The fourth-order valence-corrected chi connectivity index (χ4v) is 4.11. The maximum atomic E-state index is 14.3. The molecular formula is C26H19BrF2N2O5. The van der Waals surface area contributed by atoms with Crippen molar-refractivity contribution in [3.05, 3.63) is 93.5 Å². The number of ether oxygens (including phenoxy) is 2. The fourth-order valence-electron chi connectivity index (χ4n) is 3.53. The van der Waals surface area contributed by atoms with Crippen molar-refractivity contribution in [1.82, 2.24) is 5.32 Å². The molecule has 1 N–H and O–H groups in total. The van der Waals surface area contributed by atoms with Crippen LogP contribution in [-0.4, -0.2) is 24.5 Å². The first-order chi connectivity index (χ1) is 17.3. The maximum Gasteiger partial charge on any atom is 0.336 e. The summed E-state index contributed by atoms with van der Waals surface area (Å²) in [4.78, 5) is 38.4. The summed E-state index contributed by atoms with van der Waals surface area (Å²) in [5, 5.41) is 2.06. The Morgan fingerprint density at radius 1 is 1.00 bits per heavy atom. The lowest BCUT2D eigenvalue weighted by Gasteiger charge is -2.26. The first-order valence-corrected chi connectivity index (χ1v) is 11.6. The highest BCUT2D eigenvalue weighted by Gasteiger charge is 2.38. The summed E-state index contributed by atoms with van der Waals surface area (Å²) >= 11 is 3.41. The number of imide groups is 2. The highest BCUT2D eigenvalue weighted by Crippen LogP contribution is 2.38. The Kier molecular flexibility index (Phi) is 7.44. The second-order valence-electron chi connectivity index (χ2n) is 7.59. The molecule has 0 spiro atoms. The number of nitrogens with zero attached hydrogens (tertiary/aromatic N) is 1. The lowest BCUT2D eigenvalue weighted by atomic mass is 10.1. The van der Waals surface area contributed by atoms with Crippen molar-refractivity contribution < 1.29 is 32.6 Å². The van der Waals surface area contributed by atoms with Crippen LogP contribution in [0, 0.1) is 11.6 Å². The third kappa shape index (κ3) is 5.28. The zero-order valence-electron chi connectivity index (χ0n) is 18.9. The summed E-state index contributed by atoms with van der Waals surface area (Å²) in [6.07, 6.45) is 1.27. The number of rotatable bonds is 7. The van der Waals surface area contributed by atoms with E-state index in [0.29, 0.717) is 32.0 Å². The van der Waals surface area contributed by atoms with Crippen LogP contribution in [0.2, 0.25) is 0 Å². The van der Waals surface area contributed by atoms with Crippen LogP contribution in [0.5, 0.6) is 11.5 Å². The number of carbonyl (C=O) groups is 3. The Labute approximate surface area is 213 Å². The van der Waals surface area contributed by atoms with Gasteiger partial charge < -0.3 is 9.47 Å². The number of barbiturate groups is 1. The van der Waals surface area contributed by atoms with Gasteiger partial charge in [-0.2, -0.15) is 0 Å². The van der Waals surface area contributed by atoms with Crippen molar-refractivity contribution in [2.75, 3.05) is 11.5 Å². The van der Waals surface area contributed by atoms with Crippen LogP contribution >= 0.6 is 15.9 Å². The van der Waals surface area contributed by atoms with Crippen LogP contribution in [0.4, 0.5) is 19.3 Å². The first-order valence-electron chi connectivity index (χ1n) is 10.8. The predicted octanol–water partition coefficient (Wildman–Crippen LogP) is 5.37. The van der Waals surface area contributed by atoms with Gasteiger partial charge in [-0.15, -0.1) is 0 Å². The van der Waals surface area contributed by atoms with E-state index in [4.69, 9.17) is 9.47 Å². The molecule has 36 heavy (non-hydrogen) atoms. The smallest absolute Gasteiger partial charge is 0.336 e. The van der Waals surface area contributed by atoms with Crippen LogP contribution in [0.25, 0.3) is 6.08 Å². The van der Waals surface area contributed by atoms with Gasteiger partial charge in [0.1, 0.15) is 23.8 Å². The standard InChI is InChI=1S/C26H19BrF2N2O5/c1-2-35-22-13-16(12-19(27)23(22)36-14-15-6-5-7-17(28)10-15)11-18-24(32)30-26(34)31(25(18)33)21-9-4-3-8-20(21)29/h3-13H,2,14H2,1H3,(H,30,32,34)/b18-11-. The molecule has 1 heterocycles. The molecule has 7 nitrogen and oxygen atoms in total. The lowest BCUT2D eigenvalue weighted by molar-refractivity contribution is -0.122. The molecule has 1 aliphatic heterocycles. The van der Waals surface area contributed by atoms with Crippen LogP contribution in [0.1, 0.15) is 18.1 Å². The quantitative estimate of drug-likeness (QED) is 0.312. The van der Waals surface area contributed by atoms with Crippen molar-refractivity contribution in [3.63, 3.8) is 0 Å². The maximum absolute atomic E-state index is 14.3. The van der Waals surface area contributed by atoms with E-state index < -0.39 is 23.7 Å². The molecule has 0 saturated carbocycles. The number of benzene rings is 3. The van der Waals surface area contributed by atoms with E-state index in [2.05, 4.69) is 21.2 Å². The summed E-state index contributed by atoms with van der Waals surface area (Å²) in [6.45, 7) is 2.13. The summed E-state index contributed by atoms with van der Waals surface area (Å²) in [6, 6.07) is 13.3. The molecule has 3 aromatic carbocycles. The molecule has 0 radical (unpaired) electrons. The zero-order valence-corrected chi connectivity index (χ0v) is 20.5. The SMILES string of the molecule is CCOc1cc(/C=C2/C(=O)NC(=O)N(c3ccccc3F)C2=O)cc(Br)c1OCc1cccc(F)c1. The minimum Gasteiger partial charge on any atom is -0.490 e. The Hall–Kier alpha value is -4.05. The minimum atomic E-state index is -1.05. The van der Waals surface area contributed by atoms with Crippen molar-refractivity contribution >= 4 is 45.5 Å². The Morgan fingerprint density at radius 2 is 1.78 bits per heavy atom. The van der Waals surface area contributed by atoms with Crippen LogP contribution in [0.3, 0.4) is 0 Å². The number of nitrogens with one attached hydrogen (secondary N) is 1. The molecule has 0 atom stereocenters. The molecule has 0 bridgehead atoms. The average Bonchev–Trinajstić information content (AvgIpc) is 2.82. The first kappa shape index (κ1) is 25.1. The Bertz CT molecular complexity index is 1390. The van der Waals surface area contributed by atoms with E-state index in [0.717, 1.165) is 6.07 Å². The Balaban J connectivity index is 1.67. The number of carbonyl (C=O) groups excluding carboxylic acids is 3. The summed E-state index contributed by atoms with van der Waals surface area (Å²) in [7, 11) is 0. The van der Waals surface area contributed by atoms with Gasteiger partial charge in [0, 0.05) is 0 Å². The van der Waals surface area contributed by atoms with E-state index in [1.807, 2.05) is 0 Å². The third-order valence-electron chi connectivity index (χ3n) is 5.11. The molecule has 3 aromatic rings. The second kappa shape index (κ2) is 10.7. The second-order valence-corrected chi connectivity index (χ2v) is 8.45. The number of amides is 4. The highest BCUT2D eigenvalue weighted by atomic mass is 79.9. The van der Waals surface area contributed by atoms with Gasteiger partial charge in [0.15, 0.2) is 11.5 Å². The molecule has 1 fully saturated rings. The van der Waals surface area contributed by atoms with E-state index in [9.17, 15) is 23.2 Å². The monoisotopic (exact) mass is 556 g/mol. The number of hydrogen-bond donors (Lipinski definition) is 1. The summed E-state index contributed by atoms with van der Waals surface area (Å²) in [5.41, 5.74) is 0.332. The normalized spacial score (nSPS) is 14.7. The zero-order chi connectivity index (χ0) is 25.8. The van der Waals surface area contributed by atoms with E-state index in [1.54, 1.807) is 31.2 Å². The average molecular weight is 557 g/mol. The largest absolute Gasteiger partial charge is 0.490 e. The summed E-state index contributed by atoms with van der Waals surface area (Å²) in [5.74, 6) is -2.43. The third-order valence-corrected chi connectivity index (χ3v) is 5.70. The molecule has 4 rings (SSSR count). The molecule has 0 aromatic heterocycles. The lowest BCUT2D eigenvalue weighted by Crippen LogP contribution is -2.54. The fraction of sp³-hybridized carbons (Fsp3) is 0.115. The molecule has 4 amide bonds. The van der Waals surface area contributed by atoms with Gasteiger partial charge >= 0.3 is 6.03 Å². The van der Waals surface area contributed by atoms with Crippen molar-refractivity contribution in [1.29, 1.82) is 0 Å². The number of para-hydroxylation sites is 1.